The molecular weight excluding hydrogens is 254 g/mol. The molecule has 1 fully saturated rings. The fraction of sp³-hybridized carbons (Fsp3) is 0.600. The van der Waals surface area contributed by atoms with E-state index in [1.165, 1.54) is 0 Å². The monoisotopic (exact) mass is 277 g/mol. The third-order valence-corrected chi connectivity index (χ3v) is 4.09. The van der Waals surface area contributed by atoms with E-state index in [1.807, 2.05) is 12.1 Å². The largest absolute Gasteiger partial charge is 0.316 e. The van der Waals surface area contributed by atoms with E-state index in [0.717, 1.165) is 38.0 Å². The summed E-state index contributed by atoms with van der Waals surface area (Å²) in [5, 5.41) is 17.6. The Kier molecular flexibility index (Phi) is 4.73. The van der Waals surface area contributed by atoms with Crippen molar-refractivity contribution < 1.29 is 4.92 Å². The number of hydrogen-bond acceptors (Lipinski definition) is 4. The average molecular weight is 277 g/mol. The highest BCUT2D eigenvalue weighted by Crippen LogP contribution is 2.24. The summed E-state index contributed by atoms with van der Waals surface area (Å²) in [6.07, 6.45) is 2.05. The van der Waals surface area contributed by atoms with Gasteiger partial charge in [0, 0.05) is 24.7 Å². The SMILES string of the molecule is CC1(C)CNCCC1NCCc1ccc([N+](=O)[O-])cc1. The number of benzene rings is 1. The molecule has 2 rings (SSSR count). The normalized spacial score (nSPS) is 21.6. The van der Waals surface area contributed by atoms with Crippen LogP contribution in [0.3, 0.4) is 0 Å². The topological polar surface area (TPSA) is 67.2 Å². The zero-order chi connectivity index (χ0) is 14.6. The molecule has 1 atom stereocenters. The van der Waals surface area contributed by atoms with E-state index in [9.17, 15) is 10.1 Å². The van der Waals surface area contributed by atoms with Crippen molar-refractivity contribution >= 4 is 5.69 Å². The maximum atomic E-state index is 10.6. The van der Waals surface area contributed by atoms with Crippen LogP contribution in [0.4, 0.5) is 5.69 Å². The molecule has 0 bridgehead atoms. The van der Waals surface area contributed by atoms with Gasteiger partial charge in [-0.25, -0.2) is 0 Å². The van der Waals surface area contributed by atoms with Gasteiger partial charge in [-0.3, -0.25) is 10.1 Å². The molecule has 0 aromatic heterocycles. The van der Waals surface area contributed by atoms with Gasteiger partial charge in [-0.1, -0.05) is 26.0 Å². The predicted octanol–water partition coefficient (Wildman–Crippen LogP) is 2.11. The van der Waals surface area contributed by atoms with E-state index in [1.54, 1.807) is 12.1 Å². The van der Waals surface area contributed by atoms with Gasteiger partial charge in [0.1, 0.15) is 0 Å². The fourth-order valence-electron chi connectivity index (χ4n) is 2.72. The molecule has 0 amide bonds. The number of rotatable bonds is 5. The minimum absolute atomic E-state index is 0.154. The van der Waals surface area contributed by atoms with Crippen molar-refractivity contribution in [3.8, 4) is 0 Å². The standard InChI is InChI=1S/C15H23N3O2/c1-15(2)11-16-9-8-14(15)17-10-7-12-3-5-13(6-4-12)18(19)20/h3-6,14,16-17H,7-11H2,1-2H3. The minimum Gasteiger partial charge on any atom is -0.316 e. The molecule has 0 saturated carbocycles. The Morgan fingerprint density at radius 1 is 1.40 bits per heavy atom. The minimum atomic E-state index is -0.362. The lowest BCUT2D eigenvalue weighted by molar-refractivity contribution is -0.384. The molecule has 1 aromatic rings. The molecular formula is C15H23N3O2. The van der Waals surface area contributed by atoms with E-state index >= 15 is 0 Å². The van der Waals surface area contributed by atoms with Crippen LogP contribution in [0.25, 0.3) is 0 Å². The Balaban J connectivity index is 1.82. The molecule has 2 N–H and O–H groups in total. The summed E-state index contributed by atoms with van der Waals surface area (Å²) in [4.78, 5) is 10.2. The second kappa shape index (κ2) is 6.33. The molecule has 1 saturated heterocycles. The zero-order valence-corrected chi connectivity index (χ0v) is 12.2. The Labute approximate surface area is 119 Å². The number of hydrogen-bond donors (Lipinski definition) is 2. The van der Waals surface area contributed by atoms with E-state index in [0.29, 0.717) is 6.04 Å². The van der Waals surface area contributed by atoms with Crippen molar-refractivity contribution in [1.29, 1.82) is 0 Å². The quantitative estimate of drug-likeness (QED) is 0.639. The first-order valence-corrected chi connectivity index (χ1v) is 7.16. The Morgan fingerprint density at radius 2 is 2.10 bits per heavy atom. The van der Waals surface area contributed by atoms with Gasteiger partial charge < -0.3 is 10.6 Å². The van der Waals surface area contributed by atoms with Crippen molar-refractivity contribution in [1.82, 2.24) is 10.6 Å². The highest BCUT2D eigenvalue weighted by Gasteiger charge is 2.31. The van der Waals surface area contributed by atoms with Gasteiger partial charge in [0.15, 0.2) is 0 Å². The molecule has 0 radical (unpaired) electrons. The number of nitro benzene ring substituents is 1. The lowest BCUT2D eigenvalue weighted by Crippen LogP contribution is -2.53. The maximum Gasteiger partial charge on any atom is 0.269 e. The van der Waals surface area contributed by atoms with Crippen LogP contribution in [-0.4, -0.2) is 30.6 Å². The molecule has 20 heavy (non-hydrogen) atoms. The van der Waals surface area contributed by atoms with Crippen molar-refractivity contribution in [2.24, 2.45) is 5.41 Å². The fourth-order valence-corrected chi connectivity index (χ4v) is 2.72. The molecule has 1 aromatic carbocycles. The van der Waals surface area contributed by atoms with Crippen LogP contribution < -0.4 is 10.6 Å². The van der Waals surface area contributed by atoms with Crippen molar-refractivity contribution in [2.45, 2.75) is 32.7 Å². The van der Waals surface area contributed by atoms with Gasteiger partial charge in [-0.05, 0) is 36.9 Å². The Hall–Kier alpha value is -1.46. The lowest BCUT2D eigenvalue weighted by atomic mass is 9.80. The highest BCUT2D eigenvalue weighted by atomic mass is 16.6. The van der Waals surface area contributed by atoms with Crippen molar-refractivity contribution in [2.75, 3.05) is 19.6 Å². The summed E-state index contributed by atoms with van der Waals surface area (Å²) in [5.41, 5.74) is 1.56. The summed E-state index contributed by atoms with van der Waals surface area (Å²) in [6.45, 7) is 7.58. The van der Waals surface area contributed by atoms with Crippen LogP contribution in [0.2, 0.25) is 0 Å². The number of nitro groups is 1. The summed E-state index contributed by atoms with van der Waals surface area (Å²) in [5.74, 6) is 0. The third kappa shape index (κ3) is 3.77. The lowest BCUT2D eigenvalue weighted by Gasteiger charge is -2.39. The van der Waals surface area contributed by atoms with Gasteiger partial charge in [0.05, 0.1) is 4.92 Å². The van der Waals surface area contributed by atoms with Gasteiger partial charge in [0.25, 0.3) is 5.69 Å². The van der Waals surface area contributed by atoms with E-state index < -0.39 is 0 Å². The van der Waals surface area contributed by atoms with Crippen LogP contribution in [0.1, 0.15) is 25.8 Å². The molecule has 1 unspecified atom stereocenters. The van der Waals surface area contributed by atoms with Crippen LogP contribution in [0, 0.1) is 15.5 Å². The summed E-state index contributed by atoms with van der Waals surface area (Å²) in [7, 11) is 0. The second-order valence-corrected chi connectivity index (χ2v) is 6.13. The molecule has 110 valence electrons. The van der Waals surface area contributed by atoms with Gasteiger partial charge in [0.2, 0.25) is 0 Å². The first-order chi connectivity index (χ1) is 9.49. The zero-order valence-electron chi connectivity index (χ0n) is 12.2. The summed E-state index contributed by atoms with van der Waals surface area (Å²) >= 11 is 0. The summed E-state index contributed by atoms with van der Waals surface area (Å²) < 4.78 is 0. The van der Waals surface area contributed by atoms with Crippen molar-refractivity contribution in [3.63, 3.8) is 0 Å². The predicted molar refractivity (Wildman–Crippen MR) is 79.9 cm³/mol. The molecule has 1 aliphatic heterocycles. The second-order valence-electron chi connectivity index (χ2n) is 6.13. The van der Waals surface area contributed by atoms with E-state index in [4.69, 9.17) is 0 Å². The average Bonchev–Trinajstić information content (AvgIpc) is 2.41. The highest BCUT2D eigenvalue weighted by molar-refractivity contribution is 5.32. The number of non-ortho nitro benzene ring substituents is 1. The first kappa shape index (κ1) is 14.9. The Morgan fingerprint density at radius 3 is 2.70 bits per heavy atom. The number of nitrogens with zero attached hydrogens (tertiary/aromatic N) is 1. The van der Waals surface area contributed by atoms with Crippen molar-refractivity contribution in [3.05, 3.63) is 39.9 Å². The molecule has 5 nitrogen and oxygen atoms in total. The van der Waals surface area contributed by atoms with Gasteiger partial charge in [-0.15, -0.1) is 0 Å². The van der Waals surface area contributed by atoms with E-state index in [-0.39, 0.29) is 16.0 Å². The molecule has 0 spiro atoms. The first-order valence-electron chi connectivity index (χ1n) is 7.16. The molecule has 1 aliphatic rings. The Bertz CT molecular complexity index is 457. The third-order valence-electron chi connectivity index (χ3n) is 4.09. The van der Waals surface area contributed by atoms with Crippen LogP contribution in [0.5, 0.6) is 0 Å². The van der Waals surface area contributed by atoms with Gasteiger partial charge in [-0.2, -0.15) is 0 Å². The van der Waals surface area contributed by atoms with Crippen LogP contribution >= 0.6 is 0 Å². The molecule has 1 heterocycles. The number of nitrogens with one attached hydrogen (secondary N) is 2. The molecule has 0 aliphatic carbocycles. The smallest absolute Gasteiger partial charge is 0.269 e. The van der Waals surface area contributed by atoms with Crippen LogP contribution in [0.15, 0.2) is 24.3 Å². The number of piperidine rings is 1. The van der Waals surface area contributed by atoms with Gasteiger partial charge >= 0.3 is 0 Å². The van der Waals surface area contributed by atoms with E-state index in [2.05, 4.69) is 24.5 Å². The maximum absolute atomic E-state index is 10.6. The molecule has 5 heteroatoms. The van der Waals surface area contributed by atoms with Crippen LogP contribution in [-0.2, 0) is 6.42 Å². The summed E-state index contributed by atoms with van der Waals surface area (Å²) in [6, 6.07) is 7.36.